The summed E-state index contributed by atoms with van der Waals surface area (Å²) in [6, 6.07) is 3.75. The second-order valence-corrected chi connectivity index (χ2v) is 4.46. The molecule has 1 aromatic carbocycles. The zero-order chi connectivity index (χ0) is 14.0. The summed E-state index contributed by atoms with van der Waals surface area (Å²) in [5, 5.41) is 4.51. The molecule has 0 saturated carbocycles. The Balaban J connectivity index is 2.91. The van der Waals surface area contributed by atoms with Crippen molar-refractivity contribution < 1.29 is 9.47 Å². The number of aromatic nitrogens is 1. The van der Waals surface area contributed by atoms with Crippen molar-refractivity contribution in [3.05, 3.63) is 22.8 Å². The van der Waals surface area contributed by atoms with Gasteiger partial charge in [-0.25, -0.2) is 4.98 Å². The largest absolute Gasteiger partial charge is 0.495 e. The quantitative estimate of drug-likeness (QED) is 0.931. The first-order valence-electron chi connectivity index (χ1n) is 6.08. The zero-order valence-electron chi connectivity index (χ0n) is 11.5. The maximum Gasteiger partial charge on any atom is 0.148 e. The highest BCUT2D eigenvalue weighted by molar-refractivity contribution is 6.38. The van der Waals surface area contributed by atoms with E-state index in [2.05, 4.69) is 17.2 Å². The SMILES string of the molecule is CCc1cc(NC)c2c(Cl)c(OC)cc(OC)c2n1. The molecular weight excluding hydrogens is 264 g/mol. The molecule has 2 aromatic rings. The van der Waals surface area contributed by atoms with E-state index in [1.165, 1.54) is 0 Å². The van der Waals surface area contributed by atoms with Gasteiger partial charge in [-0.05, 0) is 12.5 Å². The Bertz CT molecular complexity index is 614. The molecule has 2 rings (SSSR count). The predicted octanol–water partition coefficient (Wildman–Crippen LogP) is 3.51. The summed E-state index contributed by atoms with van der Waals surface area (Å²) in [5.74, 6) is 1.23. The van der Waals surface area contributed by atoms with Crippen LogP contribution in [0, 0.1) is 0 Å². The molecule has 19 heavy (non-hydrogen) atoms. The van der Waals surface area contributed by atoms with Gasteiger partial charge in [-0.3, -0.25) is 0 Å². The summed E-state index contributed by atoms with van der Waals surface area (Å²) in [6.07, 6.45) is 0.845. The second kappa shape index (κ2) is 5.53. The first kappa shape index (κ1) is 13.7. The fraction of sp³-hybridized carbons (Fsp3) is 0.357. The van der Waals surface area contributed by atoms with Crippen LogP contribution < -0.4 is 14.8 Å². The topological polar surface area (TPSA) is 43.4 Å². The lowest BCUT2D eigenvalue weighted by molar-refractivity contribution is 0.397. The Labute approximate surface area is 117 Å². The van der Waals surface area contributed by atoms with E-state index in [1.54, 1.807) is 20.3 Å². The van der Waals surface area contributed by atoms with E-state index < -0.39 is 0 Å². The van der Waals surface area contributed by atoms with Crippen LogP contribution in [0.15, 0.2) is 12.1 Å². The van der Waals surface area contributed by atoms with Gasteiger partial charge in [-0.15, -0.1) is 0 Å². The molecule has 0 saturated heterocycles. The molecule has 0 spiro atoms. The molecule has 4 nitrogen and oxygen atoms in total. The van der Waals surface area contributed by atoms with E-state index in [0.717, 1.165) is 28.7 Å². The van der Waals surface area contributed by atoms with Crippen LogP contribution in [0.3, 0.4) is 0 Å². The first-order valence-corrected chi connectivity index (χ1v) is 6.45. The van der Waals surface area contributed by atoms with E-state index in [4.69, 9.17) is 21.1 Å². The van der Waals surface area contributed by atoms with Crippen LogP contribution in [0.2, 0.25) is 5.02 Å². The van der Waals surface area contributed by atoms with Gasteiger partial charge < -0.3 is 14.8 Å². The Morgan fingerprint density at radius 1 is 1.21 bits per heavy atom. The predicted molar refractivity (Wildman–Crippen MR) is 78.8 cm³/mol. The standard InChI is InChI=1S/C14H17ClN2O2/c1-5-8-6-9(16-2)12-13(15)10(18-3)7-11(19-4)14(12)17-8/h6-7H,5H2,1-4H3,(H,16,17). The smallest absolute Gasteiger partial charge is 0.148 e. The van der Waals surface area contributed by atoms with Crippen LogP contribution in [0.5, 0.6) is 11.5 Å². The molecule has 0 unspecified atom stereocenters. The van der Waals surface area contributed by atoms with Crippen molar-refractivity contribution in [1.29, 1.82) is 0 Å². The highest BCUT2D eigenvalue weighted by atomic mass is 35.5. The summed E-state index contributed by atoms with van der Waals surface area (Å²) in [5.41, 5.74) is 2.65. The van der Waals surface area contributed by atoms with Gasteiger partial charge >= 0.3 is 0 Å². The molecule has 0 bridgehead atoms. The number of hydrogen-bond acceptors (Lipinski definition) is 4. The van der Waals surface area contributed by atoms with Gasteiger partial charge in [-0.1, -0.05) is 18.5 Å². The van der Waals surface area contributed by atoms with Crippen LogP contribution in [0.1, 0.15) is 12.6 Å². The van der Waals surface area contributed by atoms with Gasteiger partial charge in [0.05, 0.1) is 19.2 Å². The molecule has 0 radical (unpaired) electrons. The molecule has 0 amide bonds. The van der Waals surface area contributed by atoms with Crippen molar-refractivity contribution in [2.75, 3.05) is 26.6 Å². The molecule has 5 heteroatoms. The molecule has 102 valence electrons. The summed E-state index contributed by atoms with van der Waals surface area (Å²) in [4.78, 5) is 4.60. The van der Waals surface area contributed by atoms with Gasteiger partial charge in [0.2, 0.25) is 0 Å². The van der Waals surface area contributed by atoms with Crippen LogP contribution in [0.25, 0.3) is 10.9 Å². The monoisotopic (exact) mass is 280 g/mol. The van der Waals surface area contributed by atoms with Crippen molar-refractivity contribution in [3.63, 3.8) is 0 Å². The first-order chi connectivity index (χ1) is 9.15. The lowest BCUT2D eigenvalue weighted by atomic mass is 10.1. The van der Waals surface area contributed by atoms with Gasteiger partial charge in [-0.2, -0.15) is 0 Å². The summed E-state index contributed by atoms with van der Waals surface area (Å²) < 4.78 is 10.7. The average molecular weight is 281 g/mol. The number of halogens is 1. The lowest BCUT2D eigenvalue weighted by Gasteiger charge is -2.15. The second-order valence-electron chi connectivity index (χ2n) is 4.08. The number of rotatable bonds is 4. The van der Waals surface area contributed by atoms with Crippen molar-refractivity contribution >= 4 is 28.2 Å². The van der Waals surface area contributed by atoms with Crippen LogP contribution in [0.4, 0.5) is 5.69 Å². The Morgan fingerprint density at radius 3 is 2.42 bits per heavy atom. The maximum absolute atomic E-state index is 6.39. The van der Waals surface area contributed by atoms with Gasteiger partial charge in [0.15, 0.2) is 0 Å². The molecule has 0 aliphatic rings. The van der Waals surface area contributed by atoms with Gasteiger partial charge in [0.1, 0.15) is 17.0 Å². The number of ether oxygens (including phenoxy) is 2. The minimum atomic E-state index is 0.540. The molecule has 0 atom stereocenters. The molecule has 1 heterocycles. The Kier molecular flexibility index (Phi) is 4.00. The summed E-state index contributed by atoms with van der Waals surface area (Å²) >= 11 is 6.39. The van der Waals surface area contributed by atoms with Crippen molar-refractivity contribution in [3.8, 4) is 11.5 Å². The number of pyridine rings is 1. The third kappa shape index (κ3) is 2.28. The van der Waals surface area contributed by atoms with Gasteiger partial charge in [0, 0.05) is 29.9 Å². The number of nitrogens with zero attached hydrogens (tertiary/aromatic N) is 1. The molecule has 0 fully saturated rings. The molecule has 1 aromatic heterocycles. The molecule has 0 aliphatic carbocycles. The van der Waals surface area contributed by atoms with E-state index in [9.17, 15) is 0 Å². The number of hydrogen-bond donors (Lipinski definition) is 1. The van der Waals surface area contributed by atoms with Crippen molar-refractivity contribution in [2.45, 2.75) is 13.3 Å². The Hall–Kier alpha value is -1.68. The number of fused-ring (bicyclic) bond motifs is 1. The molecule has 1 N–H and O–H groups in total. The highest BCUT2D eigenvalue weighted by Crippen LogP contribution is 2.41. The van der Waals surface area contributed by atoms with Crippen molar-refractivity contribution in [1.82, 2.24) is 4.98 Å². The number of anilines is 1. The lowest BCUT2D eigenvalue weighted by Crippen LogP contribution is -1.99. The van der Waals surface area contributed by atoms with Crippen molar-refractivity contribution in [2.24, 2.45) is 0 Å². The Morgan fingerprint density at radius 2 is 1.89 bits per heavy atom. The van der Waals surface area contributed by atoms with Gasteiger partial charge in [0.25, 0.3) is 0 Å². The normalized spacial score (nSPS) is 10.6. The number of methoxy groups -OCH3 is 2. The number of nitrogens with one attached hydrogen (secondary N) is 1. The fourth-order valence-electron chi connectivity index (χ4n) is 2.06. The highest BCUT2D eigenvalue weighted by Gasteiger charge is 2.17. The van der Waals surface area contributed by atoms with Crippen LogP contribution in [-0.4, -0.2) is 26.3 Å². The molecular formula is C14H17ClN2O2. The third-order valence-electron chi connectivity index (χ3n) is 3.08. The van der Waals surface area contributed by atoms with E-state index in [0.29, 0.717) is 16.5 Å². The third-order valence-corrected chi connectivity index (χ3v) is 3.45. The van der Waals surface area contributed by atoms with E-state index >= 15 is 0 Å². The van der Waals surface area contributed by atoms with E-state index in [-0.39, 0.29) is 0 Å². The molecule has 0 aliphatic heterocycles. The summed E-state index contributed by atoms with van der Waals surface area (Å²) in [7, 11) is 5.05. The fourth-order valence-corrected chi connectivity index (χ4v) is 2.38. The minimum absolute atomic E-state index is 0.540. The maximum atomic E-state index is 6.39. The van der Waals surface area contributed by atoms with E-state index in [1.807, 2.05) is 13.1 Å². The van der Waals surface area contributed by atoms with Crippen LogP contribution >= 0.6 is 11.6 Å². The average Bonchev–Trinajstić information content (AvgIpc) is 2.46. The zero-order valence-corrected chi connectivity index (χ0v) is 12.3. The number of aryl methyl sites for hydroxylation is 1. The van der Waals surface area contributed by atoms with Crippen LogP contribution in [-0.2, 0) is 6.42 Å². The summed E-state index contributed by atoms with van der Waals surface area (Å²) in [6.45, 7) is 2.06. The minimum Gasteiger partial charge on any atom is -0.495 e. The number of benzene rings is 1.